The Bertz CT molecular complexity index is 809. The summed E-state index contributed by atoms with van der Waals surface area (Å²) < 4.78 is 11.1. The van der Waals surface area contributed by atoms with Crippen LogP contribution in [-0.4, -0.2) is 60.3 Å². The number of aromatic nitrogens is 1. The summed E-state index contributed by atoms with van der Waals surface area (Å²) >= 11 is 1.69. The highest BCUT2D eigenvalue weighted by Crippen LogP contribution is 2.35. The minimum Gasteiger partial charge on any atom is -0.496 e. The Kier molecular flexibility index (Phi) is 4.58. The number of carbonyl (C=O) groups is 1. The maximum absolute atomic E-state index is 11.8. The number of benzene rings is 1. The van der Waals surface area contributed by atoms with Gasteiger partial charge in [-0.25, -0.2) is 9.78 Å². The first-order valence-corrected chi connectivity index (χ1v) is 9.65. The van der Waals surface area contributed by atoms with E-state index in [-0.39, 0.29) is 11.7 Å². The van der Waals surface area contributed by atoms with E-state index in [1.54, 1.807) is 30.4 Å². The number of para-hydroxylation sites is 1. The molecular weight excluding hydrogens is 350 g/mol. The number of likely N-dealkylation sites (tertiary alicyclic amines) is 1. The zero-order valence-corrected chi connectivity index (χ0v) is 15.9. The minimum absolute atomic E-state index is 0.205. The lowest BCUT2D eigenvalue weighted by molar-refractivity contribution is -0.0110. The van der Waals surface area contributed by atoms with Crippen molar-refractivity contribution in [1.82, 2.24) is 14.8 Å². The molecule has 0 bridgehead atoms. The third-order valence-corrected chi connectivity index (χ3v) is 6.05. The van der Waals surface area contributed by atoms with Gasteiger partial charge in [-0.1, -0.05) is 12.1 Å². The summed E-state index contributed by atoms with van der Waals surface area (Å²) in [5, 5.41) is 0.969. The molecule has 7 heteroatoms. The van der Waals surface area contributed by atoms with Gasteiger partial charge in [0.15, 0.2) is 0 Å². The molecule has 0 radical (unpaired) electrons. The van der Waals surface area contributed by atoms with Crippen LogP contribution in [0, 0.1) is 0 Å². The van der Waals surface area contributed by atoms with E-state index >= 15 is 0 Å². The quantitative estimate of drug-likeness (QED) is 0.824. The van der Waals surface area contributed by atoms with Gasteiger partial charge in [0.1, 0.15) is 16.4 Å². The molecule has 138 valence electrons. The Morgan fingerprint density at radius 1 is 1.35 bits per heavy atom. The Balaban J connectivity index is 1.47. The number of hydrogen-bond donors (Lipinski definition) is 0. The summed E-state index contributed by atoms with van der Waals surface area (Å²) in [5.74, 6) is 0.839. The summed E-state index contributed by atoms with van der Waals surface area (Å²) in [6, 6.07) is 7.95. The van der Waals surface area contributed by atoms with Gasteiger partial charge in [-0.3, -0.25) is 4.90 Å². The smallest absolute Gasteiger partial charge is 0.410 e. The molecule has 0 aliphatic carbocycles. The second kappa shape index (κ2) is 6.89. The van der Waals surface area contributed by atoms with Gasteiger partial charge < -0.3 is 14.4 Å². The summed E-state index contributed by atoms with van der Waals surface area (Å²) in [7, 11) is 3.49. The fourth-order valence-electron chi connectivity index (χ4n) is 3.88. The first-order chi connectivity index (χ1) is 12.6. The average molecular weight is 373 g/mol. The normalized spacial score (nSPS) is 23.5. The number of carbonyl (C=O) groups excluding carboxylic acids is 1. The number of ether oxygens (including phenoxy) is 2. The van der Waals surface area contributed by atoms with E-state index in [9.17, 15) is 4.79 Å². The molecule has 1 atom stereocenters. The van der Waals surface area contributed by atoms with Crippen LogP contribution in [0.25, 0.3) is 10.6 Å². The largest absolute Gasteiger partial charge is 0.496 e. The van der Waals surface area contributed by atoms with Crippen LogP contribution in [0.2, 0.25) is 0 Å². The summed E-state index contributed by atoms with van der Waals surface area (Å²) in [6.07, 6.45) is 3.72. The van der Waals surface area contributed by atoms with Gasteiger partial charge in [0.25, 0.3) is 0 Å². The minimum atomic E-state index is -0.347. The number of likely N-dealkylation sites (N-methyl/N-ethyl adjacent to an activating group) is 1. The van der Waals surface area contributed by atoms with Gasteiger partial charge in [-0.05, 0) is 31.5 Å². The average Bonchev–Trinajstić information content (AvgIpc) is 3.19. The maximum atomic E-state index is 11.8. The lowest BCUT2D eigenvalue weighted by atomic mass is 9.93. The number of thiazole rings is 1. The molecule has 3 heterocycles. The molecular formula is C19H23N3O3S. The second-order valence-corrected chi connectivity index (χ2v) is 8.17. The van der Waals surface area contributed by atoms with Crippen LogP contribution >= 0.6 is 11.3 Å². The first kappa shape index (κ1) is 17.3. The molecule has 4 rings (SSSR count). The van der Waals surface area contributed by atoms with Gasteiger partial charge in [-0.15, -0.1) is 11.3 Å². The molecule has 1 aromatic heterocycles. The number of rotatable bonds is 4. The molecule has 2 aliphatic heterocycles. The number of methoxy groups -OCH3 is 1. The van der Waals surface area contributed by atoms with Crippen molar-refractivity contribution >= 4 is 17.4 Å². The fourth-order valence-corrected chi connectivity index (χ4v) is 4.86. The van der Waals surface area contributed by atoms with E-state index in [1.807, 2.05) is 30.5 Å². The van der Waals surface area contributed by atoms with Crippen molar-refractivity contribution < 1.29 is 14.3 Å². The van der Waals surface area contributed by atoms with E-state index in [1.165, 1.54) is 4.88 Å². The molecule has 1 unspecified atom stereocenters. The van der Waals surface area contributed by atoms with E-state index in [0.717, 1.165) is 48.8 Å². The van der Waals surface area contributed by atoms with E-state index in [2.05, 4.69) is 9.88 Å². The lowest BCUT2D eigenvalue weighted by Crippen LogP contribution is -2.50. The molecule has 1 amide bonds. The summed E-state index contributed by atoms with van der Waals surface area (Å²) in [6.45, 7) is 3.31. The van der Waals surface area contributed by atoms with Gasteiger partial charge in [-0.2, -0.15) is 0 Å². The molecule has 2 aromatic rings. The van der Waals surface area contributed by atoms with Crippen molar-refractivity contribution in [3.63, 3.8) is 0 Å². The number of piperidine rings is 1. The Morgan fingerprint density at radius 3 is 2.96 bits per heavy atom. The van der Waals surface area contributed by atoms with Crippen molar-refractivity contribution in [3.8, 4) is 16.3 Å². The highest BCUT2D eigenvalue weighted by Gasteiger charge is 2.46. The van der Waals surface area contributed by atoms with Crippen LogP contribution < -0.4 is 4.74 Å². The lowest BCUT2D eigenvalue weighted by Gasteiger charge is -2.38. The molecule has 1 aromatic carbocycles. The fraction of sp³-hybridized carbons (Fsp3) is 0.474. The SMILES string of the molecule is COc1ccccc1-c1ncc(CN2CCCC3(C2)CN(C)C(=O)O3)s1. The van der Waals surface area contributed by atoms with Crippen LogP contribution in [0.4, 0.5) is 4.79 Å². The van der Waals surface area contributed by atoms with Gasteiger partial charge in [0.05, 0.1) is 19.2 Å². The number of amides is 1. The van der Waals surface area contributed by atoms with Crippen molar-refractivity contribution in [1.29, 1.82) is 0 Å². The van der Waals surface area contributed by atoms with Gasteiger partial charge in [0, 0.05) is 31.2 Å². The van der Waals surface area contributed by atoms with E-state index in [4.69, 9.17) is 9.47 Å². The highest BCUT2D eigenvalue weighted by atomic mass is 32.1. The van der Waals surface area contributed by atoms with Gasteiger partial charge >= 0.3 is 6.09 Å². The van der Waals surface area contributed by atoms with Crippen LogP contribution in [0.3, 0.4) is 0 Å². The topological polar surface area (TPSA) is 54.9 Å². The van der Waals surface area contributed by atoms with Crippen LogP contribution in [0.1, 0.15) is 17.7 Å². The first-order valence-electron chi connectivity index (χ1n) is 8.83. The predicted octanol–water partition coefficient (Wildman–Crippen LogP) is 3.24. The summed E-state index contributed by atoms with van der Waals surface area (Å²) in [5.41, 5.74) is 0.674. The van der Waals surface area contributed by atoms with Crippen molar-refractivity contribution in [2.75, 3.05) is 33.8 Å². The molecule has 0 saturated carbocycles. The molecule has 2 saturated heterocycles. The Hall–Kier alpha value is -2.12. The molecule has 0 N–H and O–H groups in total. The van der Waals surface area contributed by atoms with Gasteiger partial charge in [0.2, 0.25) is 0 Å². The number of nitrogens with zero attached hydrogens (tertiary/aromatic N) is 3. The second-order valence-electron chi connectivity index (χ2n) is 7.05. The van der Waals surface area contributed by atoms with E-state index in [0.29, 0.717) is 6.54 Å². The zero-order chi connectivity index (χ0) is 18.1. The number of hydrogen-bond acceptors (Lipinski definition) is 6. The maximum Gasteiger partial charge on any atom is 0.410 e. The zero-order valence-electron chi connectivity index (χ0n) is 15.1. The van der Waals surface area contributed by atoms with Crippen LogP contribution in [-0.2, 0) is 11.3 Å². The van der Waals surface area contributed by atoms with Crippen molar-refractivity contribution in [2.45, 2.75) is 25.0 Å². The summed E-state index contributed by atoms with van der Waals surface area (Å²) in [4.78, 5) is 21.6. The molecule has 1 spiro atoms. The molecule has 6 nitrogen and oxygen atoms in total. The third kappa shape index (κ3) is 3.29. The Labute approximate surface area is 157 Å². The third-order valence-electron chi connectivity index (χ3n) is 5.03. The molecule has 2 aliphatic rings. The van der Waals surface area contributed by atoms with Crippen molar-refractivity contribution in [2.24, 2.45) is 0 Å². The van der Waals surface area contributed by atoms with Crippen LogP contribution in [0.5, 0.6) is 5.75 Å². The van der Waals surface area contributed by atoms with E-state index < -0.39 is 0 Å². The molecule has 2 fully saturated rings. The predicted molar refractivity (Wildman–Crippen MR) is 100 cm³/mol. The van der Waals surface area contributed by atoms with Crippen molar-refractivity contribution in [3.05, 3.63) is 35.3 Å². The standard InChI is InChI=1S/C19H23N3O3S/c1-21-12-19(25-18(21)23)8-5-9-22(13-19)11-14-10-20-17(26-14)15-6-3-4-7-16(15)24-2/h3-4,6-7,10H,5,8-9,11-13H2,1-2H3. The highest BCUT2D eigenvalue weighted by molar-refractivity contribution is 7.15. The Morgan fingerprint density at radius 2 is 2.19 bits per heavy atom. The monoisotopic (exact) mass is 373 g/mol. The van der Waals surface area contributed by atoms with Crippen LogP contribution in [0.15, 0.2) is 30.5 Å². The molecule has 26 heavy (non-hydrogen) atoms.